The Kier molecular flexibility index (Phi) is 5.18. The molecular weight excluding hydrogens is 375 g/mol. The average molecular weight is 395 g/mol. The van der Waals surface area contributed by atoms with Crippen molar-refractivity contribution in [2.45, 2.75) is 37.5 Å². The molecule has 0 bridgehead atoms. The topological polar surface area (TPSA) is 54.3 Å². The van der Waals surface area contributed by atoms with E-state index in [-0.39, 0.29) is 24.0 Å². The van der Waals surface area contributed by atoms with Crippen LogP contribution in [0.1, 0.15) is 18.4 Å². The highest BCUT2D eigenvalue weighted by Gasteiger charge is 2.34. The van der Waals surface area contributed by atoms with Crippen LogP contribution in [0, 0.1) is 5.82 Å². The van der Waals surface area contributed by atoms with E-state index in [1.54, 1.807) is 29.0 Å². The lowest BCUT2D eigenvalue weighted by Gasteiger charge is -2.38. The largest absolute Gasteiger partial charge is 0.388 e. The van der Waals surface area contributed by atoms with Gasteiger partial charge in [-0.3, -0.25) is 4.79 Å². The van der Waals surface area contributed by atoms with Gasteiger partial charge in [-0.05, 0) is 65.5 Å². The Morgan fingerprint density at radius 2 is 2.04 bits per heavy atom. The molecule has 6 heteroatoms. The second-order valence-corrected chi connectivity index (χ2v) is 7.39. The summed E-state index contributed by atoms with van der Waals surface area (Å²) in [5.41, 5.74) is -0.0291. The molecule has 2 unspecified atom stereocenters. The molecule has 1 aliphatic heterocycles. The van der Waals surface area contributed by atoms with Gasteiger partial charge in [0.15, 0.2) is 0 Å². The summed E-state index contributed by atoms with van der Waals surface area (Å²) in [6.45, 7) is 0.956. The van der Waals surface area contributed by atoms with Gasteiger partial charge in [0, 0.05) is 22.8 Å². The highest BCUT2D eigenvalue weighted by Crippen LogP contribution is 2.25. The maximum Gasteiger partial charge on any atom is 0.250 e. The molecule has 0 saturated carbocycles. The Morgan fingerprint density at radius 1 is 1.29 bits per heavy atom. The van der Waals surface area contributed by atoms with E-state index in [4.69, 9.17) is 0 Å². The fourth-order valence-corrected chi connectivity index (χ4v) is 3.66. The fraction of sp³-hybridized carbons (Fsp3) is 0.389. The lowest BCUT2D eigenvalue weighted by molar-refractivity contribution is -0.0196. The number of nitrogens with zero attached hydrogens (tertiary/aromatic N) is 1. The minimum atomic E-state index is -0.930. The van der Waals surface area contributed by atoms with Gasteiger partial charge in [0.05, 0.1) is 12.1 Å². The first-order valence-electron chi connectivity index (χ1n) is 8.00. The van der Waals surface area contributed by atoms with E-state index >= 15 is 0 Å². The Labute approximate surface area is 148 Å². The van der Waals surface area contributed by atoms with Crippen molar-refractivity contribution in [3.63, 3.8) is 0 Å². The predicted molar refractivity (Wildman–Crippen MR) is 94.5 cm³/mol. The molecule has 2 aromatic rings. The van der Waals surface area contributed by atoms with Crippen LogP contribution in [0.5, 0.6) is 0 Å². The summed E-state index contributed by atoms with van der Waals surface area (Å²) in [5.74, 6) is -0.249. The van der Waals surface area contributed by atoms with Crippen molar-refractivity contribution in [1.82, 2.24) is 9.88 Å². The van der Waals surface area contributed by atoms with Gasteiger partial charge in [-0.2, -0.15) is 0 Å². The van der Waals surface area contributed by atoms with Crippen LogP contribution in [-0.2, 0) is 13.0 Å². The number of hydrogen-bond acceptors (Lipinski definition) is 3. The van der Waals surface area contributed by atoms with Crippen LogP contribution in [-0.4, -0.2) is 27.9 Å². The molecule has 4 nitrogen and oxygen atoms in total. The fourth-order valence-electron chi connectivity index (χ4n) is 3.28. The van der Waals surface area contributed by atoms with Gasteiger partial charge in [0.1, 0.15) is 5.82 Å². The van der Waals surface area contributed by atoms with Crippen LogP contribution in [0.25, 0.3) is 0 Å². The second-order valence-electron chi connectivity index (χ2n) is 6.47. The van der Waals surface area contributed by atoms with Crippen LogP contribution in [0.15, 0.2) is 51.9 Å². The standard InChI is InChI=1S/C18H20BrFN2O2/c19-14-3-6-17(23)22(11-14)12-18(24)7-8-21-16(10-18)9-13-1-4-15(20)5-2-13/h1-6,11,16,21,24H,7-10,12H2. The molecule has 0 amide bonds. The first kappa shape index (κ1) is 17.3. The van der Waals surface area contributed by atoms with Crippen molar-refractivity contribution in [1.29, 1.82) is 0 Å². The van der Waals surface area contributed by atoms with Gasteiger partial charge in [-0.15, -0.1) is 0 Å². The molecule has 2 N–H and O–H groups in total. The summed E-state index contributed by atoms with van der Waals surface area (Å²) < 4.78 is 15.4. The van der Waals surface area contributed by atoms with E-state index in [0.29, 0.717) is 19.4 Å². The third kappa shape index (κ3) is 4.32. The van der Waals surface area contributed by atoms with E-state index in [1.165, 1.54) is 18.2 Å². The summed E-state index contributed by atoms with van der Waals surface area (Å²) in [5, 5.41) is 14.4. The minimum absolute atomic E-state index is 0.0945. The van der Waals surface area contributed by atoms with E-state index in [2.05, 4.69) is 21.2 Å². The lowest BCUT2D eigenvalue weighted by atomic mass is 9.85. The summed E-state index contributed by atoms with van der Waals surface area (Å²) in [6, 6.07) is 9.72. The van der Waals surface area contributed by atoms with Crippen LogP contribution in [0.4, 0.5) is 4.39 Å². The molecule has 2 heterocycles. The van der Waals surface area contributed by atoms with Crippen molar-refractivity contribution in [2.75, 3.05) is 6.54 Å². The van der Waals surface area contributed by atoms with E-state index in [0.717, 1.165) is 16.5 Å². The van der Waals surface area contributed by atoms with Gasteiger partial charge in [-0.25, -0.2) is 4.39 Å². The smallest absolute Gasteiger partial charge is 0.250 e. The first-order valence-corrected chi connectivity index (χ1v) is 8.79. The van der Waals surface area contributed by atoms with Crippen LogP contribution in [0.3, 0.4) is 0 Å². The number of nitrogens with one attached hydrogen (secondary N) is 1. The van der Waals surface area contributed by atoms with Gasteiger partial charge in [-0.1, -0.05) is 12.1 Å². The molecule has 1 aromatic carbocycles. The molecule has 24 heavy (non-hydrogen) atoms. The average Bonchev–Trinajstić information content (AvgIpc) is 2.53. The van der Waals surface area contributed by atoms with Gasteiger partial charge in [0.25, 0.3) is 5.56 Å². The van der Waals surface area contributed by atoms with Crippen LogP contribution >= 0.6 is 15.9 Å². The highest BCUT2D eigenvalue weighted by atomic mass is 79.9. The Bertz CT molecular complexity index is 762. The Hall–Kier alpha value is -1.50. The van der Waals surface area contributed by atoms with E-state index in [9.17, 15) is 14.3 Å². The quantitative estimate of drug-likeness (QED) is 0.837. The summed E-state index contributed by atoms with van der Waals surface area (Å²) >= 11 is 3.36. The third-order valence-electron chi connectivity index (χ3n) is 4.46. The lowest BCUT2D eigenvalue weighted by Crippen LogP contribution is -2.51. The summed E-state index contributed by atoms with van der Waals surface area (Å²) in [7, 11) is 0. The molecule has 0 radical (unpaired) electrons. The molecule has 3 rings (SSSR count). The Morgan fingerprint density at radius 3 is 2.79 bits per heavy atom. The van der Waals surface area contributed by atoms with Crippen molar-refractivity contribution >= 4 is 15.9 Å². The maximum absolute atomic E-state index is 13.0. The third-order valence-corrected chi connectivity index (χ3v) is 4.93. The minimum Gasteiger partial charge on any atom is -0.388 e. The normalized spacial score (nSPS) is 24.0. The molecule has 0 spiro atoms. The van der Waals surface area contributed by atoms with Gasteiger partial charge >= 0.3 is 0 Å². The molecule has 1 aromatic heterocycles. The number of piperidine rings is 1. The molecular formula is C18H20BrFN2O2. The number of pyridine rings is 1. The molecule has 1 fully saturated rings. The van der Waals surface area contributed by atoms with E-state index < -0.39 is 5.60 Å². The molecule has 1 saturated heterocycles. The SMILES string of the molecule is O=c1ccc(Br)cn1CC1(O)CCNC(Cc2ccc(F)cc2)C1. The number of halogens is 2. The summed E-state index contributed by atoms with van der Waals surface area (Å²) in [6.07, 6.45) is 3.56. The molecule has 128 valence electrons. The van der Waals surface area contributed by atoms with Crippen molar-refractivity contribution in [3.05, 3.63) is 68.8 Å². The zero-order valence-electron chi connectivity index (χ0n) is 13.2. The molecule has 2 atom stereocenters. The number of rotatable bonds is 4. The number of benzene rings is 1. The van der Waals surface area contributed by atoms with Crippen molar-refractivity contribution < 1.29 is 9.50 Å². The summed E-state index contributed by atoms with van der Waals surface area (Å²) in [4.78, 5) is 12.0. The highest BCUT2D eigenvalue weighted by molar-refractivity contribution is 9.10. The first-order chi connectivity index (χ1) is 11.4. The zero-order valence-corrected chi connectivity index (χ0v) is 14.8. The predicted octanol–water partition coefficient (Wildman–Crippen LogP) is 2.48. The van der Waals surface area contributed by atoms with Crippen molar-refractivity contribution in [2.24, 2.45) is 0 Å². The number of hydrogen-bond donors (Lipinski definition) is 2. The molecule has 0 aliphatic carbocycles. The Balaban J connectivity index is 1.70. The second kappa shape index (κ2) is 7.17. The monoisotopic (exact) mass is 394 g/mol. The van der Waals surface area contributed by atoms with Gasteiger partial charge in [0.2, 0.25) is 0 Å². The van der Waals surface area contributed by atoms with Crippen LogP contribution < -0.4 is 10.9 Å². The van der Waals surface area contributed by atoms with Crippen molar-refractivity contribution in [3.8, 4) is 0 Å². The molecule has 1 aliphatic rings. The van der Waals surface area contributed by atoms with Crippen LogP contribution in [0.2, 0.25) is 0 Å². The van der Waals surface area contributed by atoms with Gasteiger partial charge < -0.3 is 15.0 Å². The number of aliphatic hydroxyl groups is 1. The maximum atomic E-state index is 13.0. The van der Waals surface area contributed by atoms with E-state index in [1.807, 2.05) is 0 Å². The number of aromatic nitrogens is 1. The zero-order chi connectivity index (χ0) is 17.2.